The maximum atomic E-state index is 12.2. The van der Waals surface area contributed by atoms with Crippen LogP contribution in [0.15, 0.2) is 59.1 Å². The number of rotatable bonds is 8. The van der Waals surface area contributed by atoms with Crippen molar-refractivity contribution in [3.8, 4) is 17.0 Å². The summed E-state index contributed by atoms with van der Waals surface area (Å²) in [5.74, 6) is 0.114. The van der Waals surface area contributed by atoms with Crippen molar-refractivity contribution < 1.29 is 22.8 Å². The summed E-state index contributed by atoms with van der Waals surface area (Å²) in [7, 11) is 1.78. The first-order valence-corrected chi connectivity index (χ1v) is 8.95. The highest BCUT2D eigenvalue weighted by molar-refractivity contribution is 5.91. The average molecular weight is 401 g/mol. The number of carbonyl (C=O) groups is 1. The molecule has 0 saturated heterocycles. The van der Waals surface area contributed by atoms with E-state index in [4.69, 9.17) is 4.52 Å². The third-order valence-corrected chi connectivity index (χ3v) is 4.13. The number of nitrogens with zero attached hydrogens (tertiary/aromatic N) is 2. The number of hydrogen-bond donors (Lipinski definition) is 1. The van der Waals surface area contributed by atoms with Crippen LogP contribution in [0.2, 0.25) is 0 Å². The van der Waals surface area contributed by atoms with E-state index in [0.717, 1.165) is 16.7 Å². The lowest BCUT2D eigenvalue weighted by molar-refractivity contribution is -0.117. The van der Waals surface area contributed by atoms with Gasteiger partial charge in [-0.05, 0) is 31.7 Å². The molecule has 0 aliphatic carbocycles. The number of aromatic nitrogens is 1. The Hall–Kier alpha value is -3.26. The molecule has 0 aliphatic heterocycles. The highest BCUT2D eigenvalue weighted by atomic mass is 19.3. The van der Waals surface area contributed by atoms with Crippen molar-refractivity contribution in [2.75, 3.05) is 18.9 Å². The predicted octanol–water partition coefficient (Wildman–Crippen LogP) is 4.32. The van der Waals surface area contributed by atoms with Crippen LogP contribution in [0.3, 0.4) is 0 Å². The Labute approximate surface area is 167 Å². The monoisotopic (exact) mass is 401 g/mol. The quantitative estimate of drug-likeness (QED) is 0.609. The second-order valence-electron chi connectivity index (χ2n) is 6.69. The Morgan fingerprint density at radius 1 is 1.17 bits per heavy atom. The van der Waals surface area contributed by atoms with Gasteiger partial charge in [0.05, 0.1) is 6.54 Å². The lowest BCUT2D eigenvalue weighted by atomic mass is 10.1. The zero-order valence-electron chi connectivity index (χ0n) is 16.1. The predicted molar refractivity (Wildman–Crippen MR) is 105 cm³/mol. The molecule has 29 heavy (non-hydrogen) atoms. The molecule has 152 valence electrons. The van der Waals surface area contributed by atoms with E-state index in [1.807, 2.05) is 31.2 Å². The first-order valence-electron chi connectivity index (χ1n) is 8.95. The van der Waals surface area contributed by atoms with Crippen LogP contribution in [0, 0.1) is 6.92 Å². The SMILES string of the molecule is Cc1ccc(-c2cc(NC(=O)CN(C)Cc3ccc(OC(F)F)cc3)on2)cc1. The van der Waals surface area contributed by atoms with Crippen molar-refractivity contribution in [3.63, 3.8) is 0 Å². The minimum atomic E-state index is -2.85. The Bertz CT molecular complexity index is 941. The van der Waals surface area contributed by atoms with Crippen LogP contribution in [0.4, 0.5) is 14.7 Å². The van der Waals surface area contributed by atoms with Gasteiger partial charge in [-0.1, -0.05) is 47.1 Å². The van der Waals surface area contributed by atoms with Gasteiger partial charge in [-0.25, -0.2) is 0 Å². The summed E-state index contributed by atoms with van der Waals surface area (Å²) in [5, 5.41) is 6.65. The summed E-state index contributed by atoms with van der Waals surface area (Å²) >= 11 is 0. The van der Waals surface area contributed by atoms with E-state index >= 15 is 0 Å². The molecule has 0 spiro atoms. The standard InChI is InChI=1S/C21H21F2N3O3/c1-14-3-7-16(8-4-14)18-11-20(29-25-18)24-19(27)13-26(2)12-15-5-9-17(10-6-15)28-21(22)23/h3-11,21H,12-13H2,1-2H3,(H,24,27). The third-order valence-electron chi connectivity index (χ3n) is 4.13. The van der Waals surface area contributed by atoms with Crippen LogP contribution in [0.5, 0.6) is 5.75 Å². The molecule has 0 atom stereocenters. The number of ether oxygens (including phenoxy) is 1. The van der Waals surface area contributed by atoms with E-state index in [0.29, 0.717) is 12.2 Å². The molecule has 0 fully saturated rings. The number of hydrogen-bond acceptors (Lipinski definition) is 5. The van der Waals surface area contributed by atoms with Gasteiger partial charge < -0.3 is 9.26 Å². The molecule has 1 aromatic heterocycles. The first-order chi connectivity index (χ1) is 13.9. The Morgan fingerprint density at radius 3 is 2.52 bits per heavy atom. The van der Waals surface area contributed by atoms with Gasteiger partial charge in [0.25, 0.3) is 0 Å². The smallest absolute Gasteiger partial charge is 0.387 e. The number of alkyl halides is 2. The fourth-order valence-electron chi connectivity index (χ4n) is 2.76. The molecule has 0 bridgehead atoms. The third kappa shape index (κ3) is 6.11. The zero-order chi connectivity index (χ0) is 20.8. The Kier molecular flexibility index (Phi) is 6.56. The highest BCUT2D eigenvalue weighted by Crippen LogP contribution is 2.22. The van der Waals surface area contributed by atoms with Gasteiger partial charge in [-0.2, -0.15) is 8.78 Å². The van der Waals surface area contributed by atoms with E-state index in [9.17, 15) is 13.6 Å². The lowest BCUT2D eigenvalue weighted by Gasteiger charge is -2.16. The maximum Gasteiger partial charge on any atom is 0.387 e. The minimum absolute atomic E-state index is 0.0962. The van der Waals surface area contributed by atoms with E-state index in [-0.39, 0.29) is 24.1 Å². The molecule has 2 aromatic carbocycles. The van der Waals surface area contributed by atoms with Crippen molar-refractivity contribution in [2.24, 2.45) is 0 Å². The lowest BCUT2D eigenvalue weighted by Crippen LogP contribution is -2.29. The topological polar surface area (TPSA) is 67.6 Å². The van der Waals surface area contributed by atoms with Crippen molar-refractivity contribution in [2.45, 2.75) is 20.1 Å². The van der Waals surface area contributed by atoms with E-state index in [1.54, 1.807) is 30.1 Å². The number of aryl methyl sites for hydroxylation is 1. The Balaban J connectivity index is 1.50. The molecule has 3 aromatic rings. The zero-order valence-corrected chi connectivity index (χ0v) is 16.1. The molecule has 8 heteroatoms. The van der Waals surface area contributed by atoms with Gasteiger partial charge in [0.15, 0.2) is 0 Å². The Morgan fingerprint density at radius 2 is 1.86 bits per heavy atom. The van der Waals surface area contributed by atoms with Gasteiger partial charge >= 0.3 is 6.61 Å². The van der Waals surface area contributed by atoms with E-state index in [2.05, 4.69) is 15.2 Å². The number of likely N-dealkylation sites (N-methyl/N-ethyl adjacent to an activating group) is 1. The van der Waals surface area contributed by atoms with Gasteiger partial charge in [0.2, 0.25) is 11.8 Å². The number of nitrogens with one attached hydrogen (secondary N) is 1. The molecule has 1 N–H and O–H groups in total. The fourth-order valence-corrected chi connectivity index (χ4v) is 2.76. The van der Waals surface area contributed by atoms with Crippen LogP contribution in [-0.4, -0.2) is 36.2 Å². The second-order valence-corrected chi connectivity index (χ2v) is 6.69. The molecule has 3 rings (SSSR count). The number of carbonyl (C=O) groups excluding carboxylic acids is 1. The molecular formula is C21H21F2N3O3. The first kappa shape index (κ1) is 20.5. The number of halogens is 2. The van der Waals surface area contributed by atoms with Crippen LogP contribution < -0.4 is 10.1 Å². The number of amides is 1. The molecular weight excluding hydrogens is 380 g/mol. The van der Waals surface area contributed by atoms with Crippen molar-refractivity contribution in [1.82, 2.24) is 10.1 Å². The molecule has 1 amide bonds. The summed E-state index contributed by atoms with van der Waals surface area (Å²) in [4.78, 5) is 14.0. The average Bonchev–Trinajstić information content (AvgIpc) is 3.11. The maximum absolute atomic E-state index is 12.2. The van der Waals surface area contributed by atoms with Crippen LogP contribution in [0.25, 0.3) is 11.3 Å². The van der Waals surface area contributed by atoms with E-state index < -0.39 is 6.61 Å². The highest BCUT2D eigenvalue weighted by Gasteiger charge is 2.12. The summed E-state index contributed by atoms with van der Waals surface area (Å²) in [6.07, 6.45) is 0. The summed E-state index contributed by atoms with van der Waals surface area (Å²) in [5.41, 5.74) is 3.55. The van der Waals surface area contributed by atoms with Gasteiger partial charge in [0.1, 0.15) is 11.4 Å². The second kappa shape index (κ2) is 9.29. The van der Waals surface area contributed by atoms with Crippen molar-refractivity contribution in [3.05, 3.63) is 65.7 Å². The van der Waals surface area contributed by atoms with Crippen molar-refractivity contribution >= 4 is 11.8 Å². The van der Waals surface area contributed by atoms with Gasteiger partial charge in [-0.15, -0.1) is 0 Å². The largest absolute Gasteiger partial charge is 0.435 e. The van der Waals surface area contributed by atoms with Crippen LogP contribution in [0.1, 0.15) is 11.1 Å². The molecule has 0 radical (unpaired) electrons. The molecule has 0 unspecified atom stereocenters. The molecule has 0 saturated carbocycles. The molecule has 6 nitrogen and oxygen atoms in total. The van der Waals surface area contributed by atoms with Gasteiger partial charge in [-0.3, -0.25) is 15.0 Å². The molecule has 0 aliphatic rings. The van der Waals surface area contributed by atoms with Crippen LogP contribution >= 0.6 is 0 Å². The normalized spacial score (nSPS) is 11.1. The summed E-state index contributed by atoms with van der Waals surface area (Å²) in [6.45, 7) is -0.265. The van der Waals surface area contributed by atoms with Crippen molar-refractivity contribution in [1.29, 1.82) is 0 Å². The fraction of sp³-hybridized carbons (Fsp3) is 0.238. The summed E-state index contributed by atoms with van der Waals surface area (Å²) < 4.78 is 33.9. The summed E-state index contributed by atoms with van der Waals surface area (Å²) in [6, 6.07) is 15.8. The van der Waals surface area contributed by atoms with E-state index in [1.165, 1.54) is 12.1 Å². The van der Waals surface area contributed by atoms with Gasteiger partial charge in [0, 0.05) is 18.2 Å². The minimum Gasteiger partial charge on any atom is -0.435 e. The molecule has 1 heterocycles. The number of benzene rings is 2. The van der Waals surface area contributed by atoms with Crippen LogP contribution in [-0.2, 0) is 11.3 Å². The number of anilines is 1.